The van der Waals surface area contributed by atoms with Crippen molar-refractivity contribution in [3.8, 4) is 0 Å². The lowest BCUT2D eigenvalue weighted by Crippen LogP contribution is -2.56. The van der Waals surface area contributed by atoms with Crippen LogP contribution in [0.25, 0.3) is 11.0 Å². The van der Waals surface area contributed by atoms with Crippen LogP contribution in [0.4, 0.5) is 13.2 Å². The standard InChI is InChI=1S/C19H15F3N4O2S/c20-19(21,22)18(28)9-10-23-26(18)16(27)13-7-5-12(6-8-13)11-29-17-24-14-3-1-2-4-15(14)25-17/h1-8,10,28H,9,11H2,(H,24,25)/t18-/m0/s1. The summed E-state index contributed by atoms with van der Waals surface area (Å²) in [4.78, 5) is 20.1. The van der Waals surface area contributed by atoms with Gasteiger partial charge in [-0.3, -0.25) is 4.79 Å². The number of imidazole rings is 1. The van der Waals surface area contributed by atoms with Gasteiger partial charge in [0.1, 0.15) is 0 Å². The van der Waals surface area contributed by atoms with Crippen LogP contribution in [0.2, 0.25) is 0 Å². The van der Waals surface area contributed by atoms with Gasteiger partial charge in [-0.05, 0) is 29.8 Å². The summed E-state index contributed by atoms with van der Waals surface area (Å²) in [6, 6.07) is 13.8. The number of alkyl halides is 3. The van der Waals surface area contributed by atoms with Crippen LogP contribution in [0.3, 0.4) is 0 Å². The molecule has 0 aliphatic carbocycles. The number of carbonyl (C=O) groups is 1. The molecule has 150 valence electrons. The number of amides is 1. The predicted molar refractivity (Wildman–Crippen MR) is 102 cm³/mol. The zero-order valence-corrected chi connectivity index (χ0v) is 15.7. The van der Waals surface area contributed by atoms with Crippen LogP contribution in [-0.4, -0.2) is 44.1 Å². The quantitative estimate of drug-likeness (QED) is 0.627. The molecule has 29 heavy (non-hydrogen) atoms. The third-order valence-corrected chi connectivity index (χ3v) is 5.46. The Hall–Kier alpha value is -2.85. The fourth-order valence-electron chi connectivity index (χ4n) is 2.90. The summed E-state index contributed by atoms with van der Waals surface area (Å²) in [5.74, 6) is -0.460. The van der Waals surface area contributed by atoms with Gasteiger partial charge in [-0.25, -0.2) is 4.98 Å². The van der Waals surface area contributed by atoms with E-state index < -0.39 is 24.2 Å². The first-order valence-corrected chi connectivity index (χ1v) is 9.59. The molecule has 0 fully saturated rings. The molecule has 1 aromatic heterocycles. The van der Waals surface area contributed by atoms with E-state index in [9.17, 15) is 23.1 Å². The van der Waals surface area contributed by atoms with Gasteiger partial charge < -0.3 is 10.1 Å². The van der Waals surface area contributed by atoms with Gasteiger partial charge in [0.05, 0.1) is 11.0 Å². The van der Waals surface area contributed by atoms with Gasteiger partial charge in [-0.2, -0.15) is 23.3 Å². The van der Waals surface area contributed by atoms with E-state index in [0.29, 0.717) is 5.75 Å². The number of nitrogens with one attached hydrogen (secondary N) is 1. The monoisotopic (exact) mass is 420 g/mol. The van der Waals surface area contributed by atoms with E-state index >= 15 is 0 Å². The Morgan fingerprint density at radius 3 is 2.62 bits per heavy atom. The van der Waals surface area contributed by atoms with Crippen molar-refractivity contribution in [2.24, 2.45) is 5.10 Å². The van der Waals surface area contributed by atoms with Crippen molar-refractivity contribution in [3.63, 3.8) is 0 Å². The highest BCUT2D eigenvalue weighted by molar-refractivity contribution is 7.98. The van der Waals surface area contributed by atoms with E-state index in [-0.39, 0.29) is 10.6 Å². The normalized spacial score (nSPS) is 19.2. The van der Waals surface area contributed by atoms with Gasteiger partial charge >= 0.3 is 6.18 Å². The van der Waals surface area contributed by atoms with Crippen molar-refractivity contribution in [2.45, 2.75) is 29.2 Å². The Balaban J connectivity index is 1.45. The molecule has 1 aliphatic heterocycles. The Bertz CT molecular complexity index is 1050. The van der Waals surface area contributed by atoms with E-state index in [1.165, 1.54) is 23.9 Å². The molecular weight excluding hydrogens is 405 g/mol. The molecule has 4 rings (SSSR count). The Labute approximate surface area is 167 Å². The third kappa shape index (κ3) is 3.60. The second-order valence-corrected chi connectivity index (χ2v) is 7.44. The van der Waals surface area contributed by atoms with Crippen LogP contribution in [0, 0.1) is 0 Å². The maximum absolute atomic E-state index is 13.1. The van der Waals surface area contributed by atoms with Crippen LogP contribution >= 0.6 is 11.8 Å². The smallest absolute Gasteiger partial charge is 0.362 e. The predicted octanol–water partition coefficient (Wildman–Crippen LogP) is 3.94. The summed E-state index contributed by atoms with van der Waals surface area (Å²) >= 11 is 1.47. The van der Waals surface area contributed by atoms with Gasteiger partial charge in [0, 0.05) is 24.0 Å². The minimum absolute atomic E-state index is 0.00390. The van der Waals surface area contributed by atoms with Crippen LogP contribution in [0.15, 0.2) is 58.8 Å². The van der Waals surface area contributed by atoms with Crippen LogP contribution in [-0.2, 0) is 5.75 Å². The molecule has 1 amide bonds. The van der Waals surface area contributed by atoms with Gasteiger partial charge in [0.2, 0.25) is 0 Å². The summed E-state index contributed by atoms with van der Waals surface area (Å²) in [6.45, 7) is 0. The largest absolute Gasteiger partial charge is 0.438 e. The number of nitrogens with zero attached hydrogens (tertiary/aromatic N) is 3. The van der Waals surface area contributed by atoms with E-state index in [4.69, 9.17) is 0 Å². The van der Waals surface area contributed by atoms with Crippen molar-refractivity contribution in [1.29, 1.82) is 0 Å². The first kappa shape index (κ1) is 19.5. The summed E-state index contributed by atoms with van der Waals surface area (Å²) in [5.41, 5.74) is -0.661. The molecule has 0 radical (unpaired) electrons. The van der Waals surface area contributed by atoms with Crippen molar-refractivity contribution in [2.75, 3.05) is 0 Å². The molecule has 6 nitrogen and oxygen atoms in total. The number of benzene rings is 2. The number of aromatic nitrogens is 2. The van der Waals surface area contributed by atoms with E-state index in [1.54, 1.807) is 12.1 Å². The van der Waals surface area contributed by atoms with E-state index in [1.807, 2.05) is 24.3 Å². The van der Waals surface area contributed by atoms with Gasteiger partial charge in [0.25, 0.3) is 11.6 Å². The number of hydrogen-bond donors (Lipinski definition) is 2. The van der Waals surface area contributed by atoms with Crippen molar-refractivity contribution >= 4 is 34.9 Å². The number of rotatable bonds is 4. The van der Waals surface area contributed by atoms with Crippen LogP contribution < -0.4 is 0 Å². The lowest BCUT2D eigenvalue weighted by molar-refractivity contribution is -0.297. The number of fused-ring (bicyclic) bond motifs is 1. The van der Waals surface area contributed by atoms with Crippen LogP contribution in [0.1, 0.15) is 22.3 Å². The minimum Gasteiger partial charge on any atom is -0.362 e. The second-order valence-electron chi connectivity index (χ2n) is 6.48. The zero-order chi connectivity index (χ0) is 20.6. The van der Waals surface area contributed by atoms with Gasteiger partial charge in [-0.1, -0.05) is 36.0 Å². The lowest BCUT2D eigenvalue weighted by Gasteiger charge is -2.32. The Morgan fingerprint density at radius 2 is 1.93 bits per heavy atom. The zero-order valence-electron chi connectivity index (χ0n) is 14.8. The molecule has 1 atom stereocenters. The number of thioether (sulfide) groups is 1. The van der Waals surface area contributed by atoms with Crippen molar-refractivity contribution in [3.05, 3.63) is 59.7 Å². The summed E-state index contributed by atoms with van der Waals surface area (Å²) < 4.78 is 39.4. The number of H-pyrrole nitrogens is 1. The molecule has 0 spiro atoms. The van der Waals surface area contributed by atoms with E-state index in [2.05, 4.69) is 15.1 Å². The van der Waals surface area contributed by atoms with Gasteiger partial charge in [-0.15, -0.1) is 0 Å². The van der Waals surface area contributed by atoms with Crippen LogP contribution in [0.5, 0.6) is 0 Å². The fourth-order valence-corrected chi connectivity index (χ4v) is 3.74. The molecule has 1 aliphatic rings. The molecule has 2 heterocycles. The topological polar surface area (TPSA) is 81.6 Å². The molecule has 0 unspecified atom stereocenters. The Morgan fingerprint density at radius 1 is 1.21 bits per heavy atom. The number of aromatic amines is 1. The fraction of sp³-hybridized carbons (Fsp3) is 0.211. The molecule has 3 aromatic rings. The molecule has 2 aromatic carbocycles. The molecule has 2 N–H and O–H groups in total. The number of halogens is 3. The maximum atomic E-state index is 13.1. The van der Waals surface area contributed by atoms with Crippen molar-refractivity contribution in [1.82, 2.24) is 15.0 Å². The molecule has 0 saturated carbocycles. The number of para-hydroxylation sites is 2. The molecular formula is C19H15F3N4O2S. The number of aliphatic hydroxyl groups is 1. The summed E-state index contributed by atoms with van der Waals surface area (Å²) in [5, 5.41) is 14.1. The van der Waals surface area contributed by atoms with E-state index in [0.717, 1.165) is 28.0 Å². The lowest BCUT2D eigenvalue weighted by atomic mass is 10.1. The second kappa shape index (κ2) is 7.20. The first-order valence-electron chi connectivity index (χ1n) is 8.60. The molecule has 10 heteroatoms. The summed E-state index contributed by atoms with van der Waals surface area (Å²) in [7, 11) is 0. The number of hydrogen-bond acceptors (Lipinski definition) is 5. The Kier molecular flexibility index (Phi) is 4.83. The third-order valence-electron chi connectivity index (χ3n) is 4.51. The highest BCUT2D eigenvalue weighted by Crippen LogP contribution is 2.39. The summed E-state index contributed by atoms with van der Waals surface area (Å²) in [6.07, 6.45) is -4.93. The highest BCUT2D eigenvalue weighted by atomic mass is 32.2. The average molecular weight is 420 g/mol. The van der Waals surface area contributed by atoms with Gasteiger partial charge in [0.15, 0.2) is 5.16 Å². The maximum Gasteiger partial charge on any atom is 0.438 e. The number of carbonyl (C=O) groups excluding carboxylic acids is 1. The van der Waals surface area contributed by atoms with Crippen molar-refractivity contribution < 1.29 is 23.1 Å². The average Bonchev–Trinajstić information content (AvgIpc) is 3.29. The first-order chi connectivity index (χ1) is 13.8. The molecule has 0 saturated heterocycles. The SMILES string of the molecule is O=C(c1ccc(CSc2nc3ccccc3[nH]2)cc1)N1N=CC[C@]1(O)C(F)(F)F. The minimum atomic E-state index is -5.01. The molecule has 0 bridgehead atoms. The highest BCUT2D eigenvalue weighted by Gasteiger charge is 2.61. The number of hydrazone groups is 1.